The quantitative estimate of drug-likeness (QED) is 0.558. The van der Waals surface area contributed by atoms with Gasteiger partial charge in [-0.15, -0.1) is 0 Å². The average Bonchev–Trinajstić information content (AvgIpc) is 2.33. The minimum absolute atomic E-state index is 0.738. The molecule has 0 radical (unpaired) electrons. The van der Waals surface area contributed by atoms with Crippen molar-refractivity contribution >= 4 is 16.7 Å². The molecule has 2 nitrogen and oxygen atoms in total. The topological polar surface area (TPSA) is 39.2 Å². The molecule has 0 bridgehead atoms. The number of benzene rings is 1. The highest BCUT2D eigenvalue weighted by molar-refractivity contribution is 5.80. The maximum atomic E-state index is 5.52. The Labute approximate surface area is 58.2 Å². The van der Waals surface area contributed by atoms with Crippen LogP contribution in [-0.4, -0.2) is 0 Å². The van der Waals surface area contributed by atoms with E-state index in [-0.39, 0.29) is 0 Å². The fourth-order valence-electron chi connectivity index (χ4n) is 0.971. The van der Waals surface area contributed by atoms with Crippen LogP contribution in [0.3, 0.4) is 0 Å². The van der Waals surface area contributed by atoms with Crippen LogP contribution in [0.15, 0.2) is 34.9 Å². The highest BCUT2D eigenvalue weighted by atomic mass is 16.3. The van der Waals surface area contributed by atoms with Crippen LogP contribution in [0.2, 0.25) is 0 Å². The Balaban J connectivity index is 2.86. The lowest BCUT2D eigenvalue weighted by Gasteiger charge is -1.89. The van der Waals surface area contributed by atoms with Gasteiger partial charge in [-0.1, -0.05) is 0 Å². The number of rotatable bonds is 0. The van der Waals surface area contributed by atoms with Gasteiger partial charge in [-0.2, -0.15) is 0 Å². The van der Waals surface area contributed by atoms with Gasteiger partial charge in [0.2, 0.25) is 0 Å². The van der Waals surface area contributed by atoms with E-state index in [9.17, 15) is 0 Å². The third-order valence-electron chi connectivity index (χ3n) is 1.48. The van der Waals surface area contributed by atoms with Crippen LogP contribution < -0.4 is 5.73 Å². The van der Waals surface area contributed by atoms with Gasteiger partial charge in [-0.3, -0.25) is 0 Å². The molecule has 0 aliphatic heterocycles. The summed E-state index contributed by atoms with van der Waals surface area (Å²) in [5.74, 6) is 0. The highest BCUT2D eigenvalue weighted by Crippen LogP contribution is 2.17. The van der Waals surface area contributed by atoms with Crippen LogP contribution in [0.4, 0.5) is 5.69 Å². The summed E-state index contributed by atoms with van der Waals surface area (Å²) in [5, 5.41) is 1.09. The number of anilines is 1. The number of hydrogen-bond donors (Lipinski definition) is 1. The molecule has 2 rings (SSSR count). The zero-order chi connectivity index (χ0) is 6.97. The number of furan rings is 1. The second-order valence-corrected chi connectivity index (χ2v) is 2.22. The van der Waals surface area contributed by atoms with Crippen LogP contribution in [0, 0.1) is 0 Å². The fraction of sp³-hybridized carbons (Fsp3) is 0. The van der Waals surface area contributed by atoms with Crippen LogP contribution in [0.5, 0.6) is 0 Å². The molecule has 0 aliphatic rings. The smallest absolute Gasteiger partial charge is 0.135 e. The summed E-state index contributed by atoms with van der Waals surface area (Å²) >= 11 is 0. The van der Waals surface area contributed by atoms with E-state index >= 15 is 0 Å². The van der Waals surface area contributed by atoms with Crippen molar-refractivity contribution in [1.29, 1.82) is 0 Å². The van der Waals surface area contributed by atoms with Crippen molar-refractivity contribution in [2.24, 2.45) is 0 Å². The molecule has 0 saturated carbocycles. The van der Waals surface area contributed by atoms with E-state index in [0.717, 1.165) is 16.7 Å². The summed E-state index contributed by atoms with van der Waals surface area (Å²) in [4.78, 5) is 0. The molecule has 0 fully saturated rings. The van der Waals surface area contributed by atoms with Gasteiger partial charge in [-0.05, 0) is 18.2 Å². The van der Waals surface area contributed by atoms with E-state index < -0.39 is 0 Å². The summed E-state index contributed by atoms with van der Waals surface area (Å²) < 4.78 is 5.12. The lowest BCUT2D eigenvalue weighted by Crippen LogP contribution is -1.80. The minimum atomic E-state index is 0.738. The largest absolute Gasteiger partial charge is 0.464 e. The van der Waals surface area contributed by atoms with Gasteiger partial charge in [-0.25, -0.2) is 0 Å². The van der Waals surface area contributed by atoms with Gasteiger partial charge < -0.3 is 10.2 Å². The van der Waals surface area contributed by atoms with Gasteiger partial charge in [0.25, 0.3) is 0 Å². The van der Waals surface area contributed by atoms with Gasteiger partial charge in [0.15, 0.2) is 0 Å². The normalized spacial score (nSPS) is 10.4. The summed E-state index contributed by atoms with van der Waals surface area (Å²) in [5.41, 5.74) is 7.11. The number of nitrogens with two attached hydrogens (primary N) is 1. The molecule has 1 aromatic carbocycles. The Kier molecular flexibility index (Phi) is 0.947. The molecular formula is C8H7NO. The van der Waals surface area contributed by atoms with Crippen LogP contribution >= 0.6 is 0 Å². The summed E-state index contributed by atoms with van der Waals surface area (Å²) in [7, 11) is 0. The lowest BCUT2D eigenvalue weighted by molar-refractivity contribution is 0.616. The number of fused-ring (bicyclic) bond motifs is 1. The van der Waals surface area contributed by atoms with Crippen LogP contribution in [0.1, 0.15) is 0 Å². The Morgan fingerprint density at radius 3 is 3.00 bits per heavy atom. The summed E-state index contributed by atoms with van der Waals surface area (Å²) in [6.07, 6.45) is 1.66. The van der Waals surface area contributed by atoms with Gasteiger partial charge in [0, 0.05) is 17.1 Å². The average molecular weight is 133 g/mol. The predicted molar refractivity (Wildman–Crippen MR) is 40.6 cm³/mol. The molecule has 50 valence electrons. The van der Waals surface area contributed by atoms with E-state index in [0.29, 0.717) is 0 Å². The second kappa shape index (κ2) is 1.77. The summed E-state index contributed by atoms with van der Waals surface area (Å²) in [6, 6.07) is 7.52. The maximum absolute atomic E-state index is 5.52. The Morgan fingerprint density at radius 1 is 1.20 bits per heavy atom. The molecule has 1 aromatic heterocycles. The number of nitrogen functional groups attached to an aromatic ring is 1. The molecule has 0 aliphatic carbocycles. The van der Waals surface area contributed by atoms with Gasteiger partial charge in [0.1, 0.15) is 5.58 Å². The van der Waals surface area contributed by atoms with Crippen molar-refractivity contribution in [1.82, 2.24) is 0 Å². The van der Waals surface area contributed by atoms with Gasteiger partial charge in [0.05, 0.1) is 6.26 Å². The van der Waals surface area contributed by atoms with Crippen molar-refractivity contribution in [2.45, 2.75) is 0 Å². The zero-order valence-electron chi connectivity index (χ0n) is 5.37. The first-order valence-corrected chi connectivity index (χ1v) is 3.09. The molecule has 0 saturated heterocycles. The first kappa shape index (κ1) is 5.35. The SMILES string of the molecule is Nc1ccc2ccoc2c1. The van der Waals surface area contributed by atoms with E-state index in [1.165, 1.54) is 0 Å². The summed E-state index contributed by atoms with van der Waals surface area (Å²) in [6.45, 7) is 0. The van der Waals surface area contributed by atoms with Crippen molar-refractivity contribution in [2.75, 3.05) is 5.73 Å². The first-order valence-electron chi connectivity index (χ1n) is 3.09. The standard InChI is InChI=1S/C8H7NO/c9-7-2-1-6-3-4-10-8(6)5-7/h1-5H,9H2. The van der Waals surface area contributed by atoms with Crippen molar-refractivity contribution < 1.29 is 4.42 Å². The van der Waals surface area contributed by atoms with E-state index in [1.807, 2.05) is 24.3 Å². The Bertz CT molecular complexity index is 351. The van der Waals surface area contributed by atoms with Crippen molar-refractivity contribution in [3.05, 3.63) is 30.5 Å². The molecule has 1 heterocycles. The van der Waals surface area contributed by atoms with E-state index in [4.69, 9.17) is 10.2 Å². The monoisotopic (exact) mass is 133 g/mol. The molecule has 0 amide bonds. The molecule has 0 spiro atoms. The lowest BCUT2D eigenvalue weighted by atomic mass is 10.2. The number of hydrogen-bond acceptors (Lipinski definition) is 2. The fourth-order valence-corrected chi connectivity index (χ4v) is 0.971. The molecule has 2 N–H and O–H groups in total. The third kappa shape index (κ3) is 0.658. The molecular weight excluding hydrogens is 126 g/mol. The first-order chi connectivity index (χ1) is 4.86. The molecule has 2 heteroatoms. The maximum Gasteiger partial charge on any atom is 0.135 e. The second-order valence-electron chi connectivity index (χ2n) is 2.22. The predicted octanol–water partition coefficient (Wildman–Crippen LogP) is 2.01. The molecule has 0 unspecified atom stereocenters. The highest BCUT2D eigenvalue weighted by Gasteiger charge is 1.93. The van der Waals surface area contributed by atoms with Crippen molar-refractivity contribution in [3.8, 4) is 0 Å². The minimum Gasteiger partial charge on any atom is -0.464 e. The zero-order valence-corrected chi connectivity index (χ0v) is 5.37. The third-order valence-corrected chi connectivity index (χ3v) is 1.48. The van der Waals surface area contributed by atoms with Crippen LogP contribution in [-0.2, 0) is 0 Å². The molecule has 10 heavy (non-hydrogen) atoms. The van der Waals surface area contributed by atoms with E-state index in [2.05, 4.69) is 0 Å². The molecule has 0 atom stereocenters. The Morgan fingerprint density at radius 2 is 2.10 bits per heavy atom. The van der Waals surface area contributed by atoms with Gasteiger partial charge >= 0.3 is 0 Å². The molecule has 2 aromatic rings. The van der Waals surface area contributed by atoms with Crippen molar-refractivity contribution in [3.63, 3.8) is 0 Å². The Hall–Kier alpha value is -1.44. The van der Waals surface area contributed by atoms with E-state index in [1.54, 1.807) is 6.26 Å². The van der Waals surface area contributed by atoms with Crippen LogP contribution in [0.25, 0.3) is 11.0 Å².